The first-order chi connectivity index (χ1) is 11.7. The molecule has 1 aliphatic rings. The molecule has 6 heteroatoms. The highest BCUT2D eigenvalue weighted by atomic mass is 16.5. The molecule has 0 spiro atoms. The SMILES string of the molecule is COc1ccnc(N2CC[C@@H](O)[C@@](CO)(Cc3ccccc3)C2)n1. The molecule has 0 bridgehead atoms. The molecule has 128 valence electrons. The Morgan fingerprint density at radius 2 is 2.08 bits per heavy atom. The van der Waals surface area contributed by atoms with Crippen LogP contribution in [0.1, 0.15) is 12.0 Å². The van der Waals surface area contributed by atoms with Crippen LogP contribution in [-0.2, 0) is 6.42 Å². The summed E-state index contributed by atoms with van der Waals surface area (Å²) < 4.78 is 5.16. The quantitative estimate of drug-likeness (QED) is 0.860. The van der Waals surface area contributed by atoms with Gasteiger partial charge in [0.25, 0.3) is 0 Å². The van der Waals surface area contributed by atoms with Crippen molar-refractivity contribution in [1.82, 2.24) is 9.97 Å². The summed E-state index contributed by atoms with van der Waals surface area (Å²) in [7, 11) is 1.57. The number of hydrogen-bond donors (Lipinski definition) is 2. The molecule has 0 aliphatic carbocycles. The second-order valence-electron chi connectivity index (χ2n) is 6.31. The highest BCUT2D eigenvalue weighted by Gasteiger charge is 2.43. The minimum atomic E-state index is -0.633. The van der Waals surface area contributed by atoms with Crippen LogP contribution in [0.15, 0.2) is 42.6 Å². The van der Waals surface area contributed by atoms with Gasteiger partial charge in [0.1, 0.15) is 0 Å². The topological polar surface area (TPSA) is 78.7 Å². The molecule has 1 aliphatic heterocycles. The van der Waals surface area contributed by atoms with Gasteiger partial charge in [0.15, 0.2) is 0 Å². The smallest absolute Gasteiger partial charge is 0.228 e. The summed E-state index contributed by atoms with van der Waals surface area (Å²) in [6.07, 6.45) is 2.26. The second kappa shape index (κ2) is 7.15. The van der Waals surface area contributed by atoms with E-state index in [-0.39, 0.29) is 6.61 Å². The Morgan fingerprint density at radius 1 is 1.29 bits per heavy atom. The lowest BCUT2D eigenvalue weighted by Gasteiger charge is -2.45. The lowest BCUT2D eigenvalue weighted by atomic mass is 9.73. The first-order valence-electron chi connectivity index (χ1n) is 8.12. The van der Waals surface area contributed by atoms with Crippen LogP contribution in [-0.4, -0.2) is 53.1 Å². The number of aliphatic hydroxyl groups excluding tert-OH is 2. The first kappa shape index (κ1) is 16.7. The first-order valence-corrected chi connectivity index (χ1v) is 8.12. The number of anilines is 1. The van der Waals surface area contributed by atoms with Crippen LogP contribution in [0.3, 0.4) is 0 Å². The fourth-order valence-electron chi connectivity index (χ4n) is 3.31. The zero-order valence-electron chi connectivity index (χ0n) is 13.8. The van der Waals surface area contributed by atoms with E-state index in [4.69, 9.17) is 4.74 Å². The lowest BCUT2D eigenvalue weighted by Crippen LogP contribution is -2.55. The zero-order valence-corrected chi connectivity index (χ0v) is 13.8. The van der Waals surface area contributed by atoms with Gasteiger partial charge in [-0.25, -0.2) is 4.98 Å². The van der Waals surface area contributed by atoms with Gasteiger partial charge in [-0.2, -0.15) is 4.98 Å². The predicted molar refractivity (Wildman–Crippen MR) is 91.1 cm³/mol. The van der Waals surface area contributed by atoms with Crippen LogP contribution in [0.5, 0.6) is 5.88 Å². The molecule has 2 heterocycles. The van der Waals surface area contributed by atoms with Crippen LogP contribution in [0.2, 0.25) is 0 Å². The number of aromatic nitrogens is 2. The molecule has 2 N–H and O–H groups in total. The summed E-state index contributed by atoms with van der Waals surface area (Å²) in [6, 6.07) is 11.6. The third-order valence-electron chi connectivity index (χ3n) is 4.71. The Bertz CT molecular complexity index is 668. The second-order valence-corrected chi connectivity index (χ2v) is 6.31. The zero-order chi connectivity index (χ0) is 17.0. The molecule has 3 rings (SSSR count). The summed E-state index contributed by atoms with van der Waals surface area (Å²) >= 11 is 0. The van der Waals surface area contributed by atoms with E-state index in [0.29, 0.717) is 37.8 Å². The number of methoxy groups -OCH3 is 1. The van der Waals surface area contributed by atoms with E-state index in [2.05, 4.69) is 9.97 Å². The van der Waals surface area contributed by atoms with Gasteiger partial charge in [-0.15, -0.1) is 0 Å². The summed E-state index contributed by atoms with van der Waals surface area (Å²) in [4.78, 5) is 10.7. The van der Waals surface area contributed by atoms with Gasteiger partial charge in [-0.3, -0.25) is 0 Å². The number of aliphatic hydroxyl groups is 2. The van der Waals surface area contributed by atoms with Crippen molar-refractivity contribution in [3.05, 3.63) is 48.2 Å². The summed E-state index contributed by atoms with van der Waals surface area (Å²) in [5.74, 6) is 1.07. The maximum absolute atomic E-state index is 10.6. The number of benzene rings is 1. The van der Waals surface area contributed by atoms with Crippen molar-refractivity contribution >= 4 is 5.95 Å². The number of hydrogen-bond acceptors (Lipinski definition) is 6. The predicted octanol–water partition coefficient (Wildman–Crippen LogP) is 1.28. The monoisotopic (exact) mass is 329 g/mol. The molecule has 2 atom stereocenters. The van der Waals surface area contributed by atoms with Gasteiger partial charge in [-0.05, 0) is 18.4 Å². The highest BCUT2D eigenvalue weighted by molar-refractivity contribution is 5.34. The van der Waals surface area contributed by atoms with Crippen molar-refractivity contribution in [1.29, 1.82) is 0 Å². The van der Waals surface area contributed by atoms with Crippen molar-refractivity contribution in [3.63, 3.8) is 0 Å². The third kappa shape index (κ3) is 3.34. The Balaban J connectivity index is 1.85. The maximum atomic E-state index is 10.6. The van der Waals surface area contributed by atoms with Gasteiger partial charge in [0, 0.05) is 30.8 Å². The minimum absolute atomic E-state index is 0.0937. The number of ether oxygens (including phenoxy) is 1. The van der Waals surface area contributed by atoms with Crippen LogP contribution < -0.4 is 9.64 Å². The molecule has 0 saturated carbocycles. The van der Waals surface area contributed by atoms with Gasteiger partial charge in [0.05, 0.1) is 19.8 Å². The molecule has 1 saturated heterocycles. The van der Waals surface area contributed by atoms with Crippen LogP contribution in [0.4, 0.5) is 5.95 Å². The van der Waals surface area contributed by atoms with Crippen molar-refractivity contribution in [2.75, 3.05) is 31.7 Å². The van der Waals surface area contributed by atoms with E-state index in [1.807, 2.05) is 35.2 Å². The number of rotatable bonds is 5. The van der Waals surface area contributed by atoms with Gasteiger partial charge < -0.3 is 19.8 Å². The normalized spacial score (nSPS) is 24.0. The average Bonchev–Trinajstić information content (AvgIpc) is 2.64. The standard InChI is InChI=1S/C18H23N3O3/c1-24-16-7-9-19-17(20-16)21-10-8-15(23)18(12-21,13-22)11-14-5-3-2-4-6-14/h2-7,9,15,22-23H,8,10-13H2,1H3/t15-,18+/m1/s1. The van der Waals surface area contributed by atoms with Gasteiger partial charge in [0.2, 0.25) is 11.8 Å². The number of nitrogens with zero attached hydrogens (tertiary/aromatic N) is 3. The molecule has 1 aromatic heterocycles. The molecule has 1 fully saturated rings. The summed E-state index contributed by atoms with van der Waals surface area (Å²) in [5, 5.41) is 20.7. The van der Waals surface area contributed by atoms with Gasteiger partial charge in [-0.1, -0.05) is 30.3 Å². The van der Waals surface area contributed by atoms with Crippen LogP contribution in [0, 0.1) is 5.41 Å². The van der Waals surface area contributed by atoms with E-state index >= 15 is 0 Å². The van der Waals surface area contributed by atoms with E-state index in [1.54, 1.807) is 19.4 Å². The Morgan fingerprint density at radius 3 is 2.79 bits per heavy atom. The van der Waals surface area contributed by atoms with E-state index in [9.17, 15) is 10.2 Å². The molecule has 6 nitrogen and oxygen atoms in total. The molecule has 0 amide bonds. The lowest BCUT2D eigenvalue weighted by molar-refractivity contribution is -0.0294. The maximum Gasteiger partial charge on any atom is 0.228 e. The van der Waals surface area contributed by atoms with Crippen molar-refractivity contribution in [2.24, 2.45) is 5.41 Å². The largest absolute Gasteiger partial charge is 0.481 e. The fourth-order valence-corrected chi connectivity index (χ4v) is 3.31. The molecule has 1 aromatic carbocycles. The highest BCUT2D eigenvalue weighted by Crippen LogP contribution is 2.35. The Hall–Kier alpha value is -2.18. The van der Waals surface area contributed by atoms with Gasteiger partial charge >= 0.3 is 0 Å². The number of piperidine rings is 1. The van der Waals surface area contributed by atoms with Crippen LogP contribution >= 0.6 is 0 Å². The minimum Gasteiger partial charge on any atom is -0.481 e. The molecular weight excluding hydrogens is 306 g/mol. The summed E-state index contributed by atoms with van der Waals surface area (Å²) in [5.41, 5.74) is 0.463. The van der Waals surface area contributed by atoms with Crippen molar-refractivity contribution in [2.45, 2.75) is 18.9 Å². The average molecular weight is 329 g/mol. The van der Waals surface area contributed by atoms with Crippen LogP contribution in [0.25, 0.3) is 0 Å². The Kier molecular flexibility index (Phi) is 4.97. The molecule has 2 aromatic rings. The molecule has 0 unspecified atom stereocenters. The van der Waals surface area contributed by atoms with Crippen molar-refractivity contribution < 1.29 is 14.9 Å². The van der Waals surface area contributed by atoms with E-state index in [1.165, 1.54) is 0 Å². The fraction of sp³-hybridized carbons (Fsp3) is 0.444. The van der Waals surface area contributed by atoms with Crippen molar-refractivity contribution in [3.8, 4) is 5.88 Å². The third-order valence-corrected chi connectivity index (χ3v) is 4.71. The molecule has 24 heavy (non-hydrogen) atoms. The summed E-state index contributed by atoms with van der Waals surface area (Å²) in [6.45, 7) is 1.04. The molecule has 0 radical (unpaired) electrons. The van der Waals surface area contributed by atoms with E-state index in [0.717, 1.165) is 5.56 Å². The van der Waals surface area contributed by atoms with E-state index < -0.39 is 11.5 Å². The Labute approximate surface area is 141 Å². The molecular formula is C18H23N3O3.